The quantitative estimate of drug-likeness (QED) is 0.669. The minimum absolute atomic E-state index is 0.0390. The van der Waals surface area contributed by atoms with Crippen molar-refractivity contribution in [3.8, 4) is 5.75 Å². The molecule has 0 radical (unpaired) electrons. The number of phenols is 1. The van der Waals surface area contributed by atoms with E-state index in [4.69, 9.17) is 10.2 Å². The minimum Gasteiger partial charge on any atom is -0.508 e. The number of carbonyl (C=O) groups is 1. The Morgan fingerprint density at radius 3 is 2.76 bits per heavy atom. The van der Waals surface area contributed by atoms with Crippen LogP contribution in [0.15, 0.2) is 34.7 Å². The Bertz CT molecular complexity index is 674. The van der Waals surface area contributed by atoms with E-state index < -0.39 is 0 Å². The van der Waals surface area contributed by atoms with Gasteiger partial charge in [0.25, 0.3) is 5.91 Å². The number of nitrogen functional groups attached to an aromatic ring is 1. The highest BCUT2D eigenvalue weighted by Crippen LogP contribution is 2.31. The SMILES string of the molecule is Cc1ccc(CN(C(=O)c2cc(O)ccc2N)C2CC2)o1. The molecular formula is C16H18N2O3. The largest absolute Gasteiger partial charge is 0.508 e. The fraction of sp³-hybridized carbons (Fsp3) is 0.312. The molecule has 5 heteroatoms. The van der Waals surface area contributed by atoms with Gasteiger partial charge < -0.3 is 20.2 Å². The lowest BCUT2D eigenvalue weighted by molar-refractivity contribution is 0.0717. The lowest BCUT2D eigenvalue weighted by Crippen LogP contribution is -2.33. The second-order valence-electron chi connectivity index (χ2n) is 5.45. The Labute approximate surface area is 123 Å². The van der Waals surface area contributed by atoms with Crippen LogP contribution in [0.5, 0.6) is 5.75 Å². The first kappa shape index (κ1) is 13.5. The Kier molecular flexibility index (Phi) is 3.33. The van der Waals surface area contributed by atoms with Gasteiger partial charge in [-0.05, 0) is 50.1 Å². The van der Waals surface area contributed by atoms with E-state index in [-0.39, 0.29) is 17.7 Å². The van der Waals surface area contributed by atoms with Gasteiger partial charge in [-0.1, -0.05) is 0 Å². The molecule has 0 spiro atoms. The predicted molar refractivity (Wildman–Crippen MR) is 78.9 cm³/mol. The number of phenolic OH excluding ortho intramolecular Hbond substituents is 1. The molecule has 3 N–H and O–H groups in total. The molecule has 1 heterocycles. The average Bonchev–Trinajstić information content (AvgIpc) is 3.21. The summed E-state index contributed by atoms with van der Waals surface area (Å²) in [6.45, 7) is 2.30. The molecule has 0 unspecified atom stereocenters. The summed E-state index contributed by atoms with van der Waals surface area (Å²) in [7, 11) is 0. The van der Waals surface area contributed by atoms with Crippen LogP contribution in [0, 0.1) is 6.92 Å². The third-order valence-corrected chi connectivity index (χ3v) is 3.64. The van der Waals surface area contributed by atoms with Crippen LogP contribution in [0.3, 0.4) is 0 Å². The van der Waals surface area contributed by atoms with Crippen molar-refractivity contribution in [2.45, 2.75) is 32.4 Å². The summed E-state index contributed by atoms with van der Waals surface area (Å²) in [4.78, 5) is 14.5. The summed E-state index contributed by atoms with van der Waals surface area (Å²) in [5.41, 5.74) is 6.58. The molecule has 0 saturated heterocycles. The number of amides is 1. The maximum Gasteiger partial charge on any atom is 0.256 e. The molecule has 0 bridgehead atoms. The normalized spacial score (nSPS) is 14.1. The molecule has 1 amide bonds. The lowest BCUT2D eigenvalue weighted by Gasteiger charge is -2.22. The zero-order valence-electron chi connectivity index (χ0n) is 11.9. The summed E-state index contributed by atoms with van der Waals surface area (Å²) in [5, 5.41) is 9.57. The van der Waals surface area contributed by atoms with E-state index in [9.17, 15) is 9.90 Å². The van der Waals surface area contributed by atoms with Crippen molar-refractivity contribution >= 4 is 11.6 Å². The van der Waals surface area contributed by atoms with Gasteiger partial charge in [-0.2, -0.15) is 0 Å². The molecule has 21 heavy (non-hydrogen) atoms. The molecule has 0 aliphatic heterocycles. The first-order valence-electron chi connectivity index (χ1n) is 6.99. The number of rotatable bonds is 4. The maximum atomic E-state index is 12.7. The maximum absolute atomic E-state index is 12.7. The first-order chi connectivity index (χ1) is 10.0. The highest BCUT2D eigenvalue weighted by atomic mass is 16.3. The molecule has 1 saturated carbocycles. The third-order valence-electron chi connectivity index (χ3n) is 3.64. The Hall–Kier alpha value is -2.43. The van der Waals surface area contributed by atoms with Gasteiger partial charge in [0.1, 0.15) is 17.3 Å². The van der Waals surface area contributed by atoms with Crippen molar-refractivity contribution < 1.29 is 14.3 Å². The van der Waals surface area contributed by atoms with E-state index in [0.717, 1.165) is 24.4 Å². The monoisotopic (exact) mass is 286 g/mol. The van der Waals surface area contributed by atoms with E-state index in [0.29, 0.717) is 17.8 Å². The molecule has 2 aromatic rings. The van der Waals surface area contributed by atoms with Crippen LogP contribution < -0.4 is 5.73 Å². The minimum atomic E-state index is -0.167. The number of hydrogen-bond acceptors (Lipinski definition) is 4. The highest BCUT2D eigenvalue weighted by molar-refractivity contribution is 5.99. The zero-order chi connectivity index (χ0) is 15.0. The molecule has 1 aliphatic carbocycles. The van der Waals surface area contributed by atoms with Crippen LogP contribution >= 0.6 is 0 Å². The van der Waals surface area contributed by atoms with E-state index in [1.165, 1.54) is 12.1 Å². The van der Waals surface area contributed by atoms with Crippen LogP contribution in [0.1, 0.15) is 34.7 Å². The third kappa shape index (κ3) is 2.86. The van der Waals surface area contributed by atoms with Crippen molar-refractivity contribution in [1.82, 2.24) is 4.90 Å². The molecule has 1 aliphatic rings. The Balaban J connectivity index is 1.86. The lowest BCUT2D eigenvalue weighted by atomic mass is 10.1. The summed E-state index contributed by atoms with van der Waals surface area (Å²) in [6, 6.07) is 8.43. The van der Waals surface area contributed by atoms with Crippen molar-refractivity contribution in [1.29, 1.82) is 0 Å². The molecule has 0 atom stereocenters. The molecule has 110 valence electrons. The van der Waals surface area contributed by atoms with Crippen LogP contribution in [0.4, 0.5) is 5.69 Å². The standard InChI is InChI=1S/C16H18N2O3/c1-10-2-6-13(21-10)9-18(11-3-4-11)16(20)14-8-12(19)5-7-15(14)17/h2,5-8,11,19H,3-4,9,17H2,1H3. The number of hydrogen-bond donors (Lipinski definition) is 2. The Morgan fingerprint density at radius 2 is 2.14 bits per heavy atom. The number of anilines is 1. The van der Waals surface area contributed by atoms with E-state index in [1.54, 1.807) is 11.0 Å². The number of carbonyl (C=O) groups excluding carboxylic acids is 1. The number of benzene rings is 1. The molecular weight excluding hydrogens is 268 g/mol. The van der Waals surface area contributed by atoms with Crippen LogP contribution in [-0.2, 0) is 6.54 Å². The van der Waals surface area contributed by atoms with Gasteiger partial charge in [-0.3, -0.25) is 4.79 Å². The summed E-state index contributed by atoms with van der Waals surface area (Å²) >= 11 is 0. The number of aromatic hydroxyl groups is 1. The van der Waals surface area contributed by atoms with Gasteiger partial charge in [-0.25, -0.2) is 0 Å². The van der Waals surface area contributed by atoms with Crippen LogP contribution in [-0.4, -0.2) is 22.0 Å². The average molecular weight is 286 g/mol. The second kappa shape index (κ2) is 5.16. The predicted octanol–water partition coefficient (Wildman–Crippen LogP) is 2.68. The van der Waals surface area contributed by atoms with E-state index in [2.05, 4.69) is 0 Å². The first-order valence-corrected chi connectivity index (χ1v) is 6.99. The van der Waals surface area contributed by atoms with Gasteiger partial charge >= 0.3 is 0 Å². The zero-order valence-corrected chi connectivity index (χ0v) is 11.9. The van der Waals surface area contributed by atoms with E-state index in [1.807, 2.05) is 19.1 Å². The van der Waals surface area contributed by atoms with Gasteiger partial charge in [0, 0.05) is 11.7 Å². The van der Waals surface area contributed by atoms with Crippen LogP contribution in [0.2, 0.25) is 0 Å². The number of nitrogens with zero attached hydrogens (tertiary/aromatic N) is 1. The molecule has 3 rings (SSSR count). The van der Waals surface area contributed by atoms with Gasteiger partial charge in [0.2, 0.25) is 0 Å². The highest BCUT2D eigenvalue weighted by Gasteiger charge is 2.34. The number of nitrogens with two attached hydrogens (primary N) is 1. The number of aryl methyl sites for hydroxylation is 1. The molecule has 1 aromatic carbocycles. The summed E-state index contributed by atoms with van der Waals surface area (Å²) in [5.74, 6) is 1.45. The fourth-order valence-electron chi connectivity index (χ4n) is 2.38. The van der Waals surface area contributed by atoms with Gasteiger partial charge in [-0.15, -0.1) is 0 Å². The van der Waals surface area contributed by atoms with Gasteiger partial charge in [0.15, 0.2) is 0 Å². The van der Waals surface area contributed by atoms with Crippen molar-refractivity contribution in [2.24, 2.45) is 0 Å². The Morgan fingerprint density at radius 1 is 1.38 bits per heavy atom. The van der Waals surface area contributed by atoms with Crippen molar-refractivity contribution in [3.63, 3.8) is 0 Å². The molecule has 1 aromatic heterocycles. The van der Waals surface area contributed by atoms with Crippen molar-refractivity contribution in [3.05, 3.63) is 47.4 Å². The summed E-state index contributed by atoms with van der Waals surface area (Å²) < 4.78 is 5.56. The topological polar surface area (TPSA) is 79.7 Å². The smallest absolute Gasteiger partial charge is 0.256 e. The summed E-state index contributed by atoms with van der Waals surface area (Å²) in [6.07, 6.45) is 1.98. The fourth-order valence-corrected chi connectivity index (χ4v) is 2.38. The number of furan rings is 1. The van der Waals surface area contributed by atoms with Crippen molar-refractivity contribution in [2.75, 3.05) is 5.73 Å². The molecule has 5 nitrogen and oxygen atoms in total. The second-order valence-corrected chi connectivity index (χ2v) is 5.45. The van der Waals surface area contributed by atoms with E-state index >= 15 is 0 Å². The van der Waals surface area contributed by atoms with Crippen LogP contribution in [0.25, 0.3) is 0 Å². The van der Waals surface area contributed by atoms with Gasteiger partial charge in [0.05, 0.1) is 12.1 Å². The molecule has 1 fully saturated rings.